The van der Waals surface area contributed by atoms with E-state index >= 15 is 0 Å². The molecular formula is C20H29N3O. The average Bonchev–Trinajstić information content (AvgIpc) is 3.05. The van der Waals surface area contributed by atoms with Crippen molar-refractivity contribution in [2.45, 2.75) is 45.1 Å². The molecule has 3 aliphatic rings. The van der Waals surface area contributed by atoms with Crippen molar-refractivity contribution in [2.75, 3.05) is 31.1 Å². The molecule has 2 aliphatic heterocycles. The van der Waals surface area contributed by atoms with Crippen molar-refractivity contribution in [3.8, 4) is 0 Å². The second-order valence-electron chi connectivity index (χ2n) is 7.89. The molecule has 2 atom stereocenters. The molecule has 2 N–H and O–H groups in total. The Kier molecular flexibility index (Phi) is 4.25. The minimum Gasteiger partial charge on any atom is -0.372 e. The summed E-state index contributed by atoms with van der Waals surface area (Å²) in [5.74, 6) is 0.500. The number of amides is 1. The lowest BCUT2D eigenvalue weighted by atomic mass is 9.91. The quantitative estimate of drug-likeness (QED) is 0.894. The van der Waals surface area contributed by atoms with Crippen LogP contribution in [0, 0.1) is 11.3 Å². The molecule has 4 rings (SSSR count). The zero-order chi connectivity index (χ0) is 16.6. The van der Waals surface area contributed by atoms with Gasteiger partial charge in [0.25, 0.3) is 0 Å². The summed E-state index contributed by atoms with van der Waals surface area (Å²) in [6, 6.07) is 8.78. The molecule has 2 saturated heterocycles. The summed E-state index contributed by atoms with van der Waals surface area (Å²) in [7, 11) is 0. The van der Waals surface area contributed by atoms with Crippen LogP contribution in [0.4, 0.5) is 5.69 Å². The Hall–Kier alpha value is -1.55. The average molecular weight is 327 g/mol. The van der Waals surface area contributed by atoms with E-state index in [1.54, 1.807) is 0 Å². The first-order valence-electron chi connectivity index (χ1n) is 9.54. The van der Waals surface area contributed by atoms with Crippen LogP contribution in [-0.4, -0.2) is 32.1 Å². The van der Waals surface area contributed by atoms with Gasteiger partial charge in [0.05, 0.1) is 6.04 Å². The van der Waals surface area contributed by atoms with Gasteiger partial charge in [0, 0.05) is 24.7 Å². The van der Waals surface area contributed by atoms with E-state index in [-0.39, 0.29) is 17.9 Å². The van der Waals surface area contributed by atoms with Crippen LogP contribution in [0.25, 0.3) is 0 Å². The predicted octanol–water partition coefficient (Wildman–Crippen LogP) is 2.85. The lowest BCUT2D eigenvalue weighted by Gasteiger charge is -2.24. The molecular weight excluding hydrogens is 298 g/mol. The molecule has 2 heterocycles. The third-order valence-corrected chi connectivity index (χ3v) is 6.31. The van der Waals surface area contributed by atoms with E-state index in [1.807, 2.05) is 0 Å². The maximum atomic E-state index is 12.7. The lowest BCUT2D eigenvalue weighted by molar-refractivity contribution is -0.123. The fraction of sp³-hybridized carbons (Fsp3) is 0.650. The summed E-state index contributed by atoms with van der Waals surface area (Å²) in [5.41, 5.74) is 2.83. The molecule has 1 saturated carbocycles. The van der Waals surface area contributed by atoms with E-state index in [4.69, 9.17) is 0 Å². The van der Waals surface area contributed by atoms with Crippen molar-refractivity contribution in [2.24, 2.45) is 11.3 Å². The first kappa shape index (κ1) is 15.9. The zero-order valence-electron chi connectivity index (χ0n) is 14.7. The number of nitrogens with one attached hydrogen (secondary N) is 2. The number of benzene rings is 1. The van der Waals surface area contributed by atoms with Gasteiger partial charge < -0.3 is 15.5 Å². The van der Waals surface area contributed by atoms with E-state index in [9.17, 15) is 4.79 Å². The molecule has 1 spiro atoms. The number of carbonyl (C=O) groups excluding carboxylic acids is 1. The van der Waals surface area contributed by atoms with Crippen LogP contribution < -0.4 is 15.5 Å². The number of piperidine rings is 1. The molecule has 1 amide bonds. The number of hydrogen-bond donors (Lipinski definition) is 2. The molecule has 1 aromatic rings. The largest absolute Gasteiger partial charge is 0.372 e. The fourth-order valence-electron chi connectivity index (χ4n) is 4.56. The molecule has 0 aromatic heterocycles. The molecule has 1 aliphatic carbocycles. The van der Waals surface area contributed by atoms with E-state index in [0.717, 1.165) is 45.4 Å². The summed E-state index contributed by atoms with van der Waals surface area (Å²) in [6.45, 7) is 6.55. The highest BCUT2D eigenvalue weighted by Gasteiger charge is 2.57. The van der Waals surface area contributed by atoms with Gasteiger partial charge in [-0.2, -0.15) is 0 Å². The normalized spacial score (nSPS) is 26.4. The Bertz CT molecular complexity index is 603. The number of anilines is 1. The fourth-order valence-corrected chi connectivity index (χ4v) is 4.56. The minimum absolute atomic E-state index is 0.0828. The zero-order valence-corrected chi connectivity index (χ0v) is 14.7. The van der Waals surface area contributed by atoms with Gasteiger partial charge >= 0.3 is 0 Å². The summed E-state index contributed by atoms with van der Waals surface area (Å²) in [4.78, 5) is 15.1. The van der Waals surface area contributed by atoms with Crippen molar-refractivity contribution in [3.05, 3.63) is 29.8 Å². The van der Waals surface area contributed by atoms with Crippen molar-refractivity contribution in [1.82, 2.24) is 10.6 Å². The maximum absolute atomic E-state index is 12.7. The first-order chi connectivity index (χ1) is 11.7. The standard InChI is InChI=1S/C20H29N3O/c1-15(16-5-4-6-17(13-16)23-11-2-3-12-23)22-19(24)18-14-20(18)7-9-21-10-8-20/h4-6,13,15,18,21H,2-3,7-12,14H2,1H3,(H,22,24). The highest BCUT2D eigenvalue weighted by Crippen LogP contribution is 2.58. The molecule has 4 nitrogen and oxygen atoms in total. The number of carbonyl (C=O) groups is 1. The predicted molar refractivity (Wildman–Crippen MR) is 97.1 cm³/mol. The molecule has 4 heteroatoms. The third kappa shape index (κ3) is 3.04. The van der Waals surface area contributed by atoms with Gasteiger partial charge in [0.15, 0.2) is 0 Å². The summed E-state index contributed by atoms with van der Waals surface area (Å²) >= 11 is 0. The molecule has 1 aromatic carbocycles. The van der Waals surface area contributed by atoms with E-state index in [1.165, 1.54) is 24.1 Å². The van der Waals surface area contributed by atoms with Crippen molar-refractivity contribution < 1.29 is 4.79 Å². The summed E-state index contributed by atoms with van der Waals surface area (Å²) in [5, 5.41) is 6.67. The highest BCUT2D eigenvalue weighted by molar-refractivity contribution is 5.83. The molecule has 24 heavy (non-hydrogen) atoms. The third-order valence-electron chi connectivity index (χ3n) is 6.31. The van der Waals surface area contributed by atoms with Crippen LogP contribution in [-0.2, 0) is 4.79 Å². The maximum Gasteiger partial charge on any atom is 0.224 e. The van der Waals surface area contributed by atoms with Gasteiger partial charge in [-0.3, -0.25) is 4.79 Å². The lowest BCUT2D eigenvalue weighted by Crippen LogP contribution is -2.34. The molecule has 0 radical (unpaired) electrons. The van der Waals surface area contributed by atoms with Crippen molar-refractivity contribution in [1.29, 1.82) is 0 Å². The smallest absolute Gasteiger partial charge is 0.224 e. The Morgan fingerprint density at radius 3 is 2.79 bits per heavy atom. The van der Waals surface area contributed by atoms with Gasteiger partial charge in [-0.25, -0.2) is 0 Å². The van der Waals surface area contributed by atoms with E-state index in [0.29, 0.717) is 5.41 Å². The van der Waals surface area contributed by atoms with Gasteiger partial charge in [0.2, 0.25) is 5.91 Å². The second-order valence-corrected chi connectivity index (χ2v) is 7.89. The van der Waals surface area contributed by atoms with Crippen molar-refractivity contribution in [3.63, 3.8) is 0 Å². The number of rotatable bonds is 4. The van der Waals surface area contributed by atoms with Crippen LogP contribution in [0.2, 0.25) is 0 Å². The van der Waals surface area contributed by atoms with Gasteiger partial charge in [0.1, 0.15) is 0 Å². The topological polar surface area (TPSA) is 44.4 Å². The highest BCUT2D eigenvalue weighted by atomic mass is 16.2. The Morgan fingerprint density at radius 1 is 1.29 bits per heavy atom. The Morgan fingerprint density at radius 2 is 2.04 bits per heavy atom. The van der Waals surface area contributed by atoms with Gasteiger partial charge in [-0.05, 0) is 75.2 Å². The Labute approximate surface area is 145 Å². The van der Waals surface area contributed by atoms with Crippen LogP contribution >= 0.6 is 0 Å². The van der Waals surface area contributed by atoms with Crippen LogP contribution in [0.3, 0.4) is 0 Å². The summed E-state index contributed by atoms with van der Waals surface area (Å²) in [6.07, 6.45) is 5.97. The number of nitrogens with zero attached hydrogens (tertiary/aromatic N) is 1. The number of hydrogen-bond acceptors (Lipinski definition) is 3. The van der Waals surface area contributed by atoms with E-state index in [2.05, 4.69) is 46.7 Å². The monoisotopic (exact) mass is 327 g/mol. The molecule has 2 unspecified atom stereocenters. The second kappa shape index (κ2) is 6.40. The van der Waals surface area contributed by atoms with Gasteiger partial charge in [-0.15, -0.1) is 0 Å². The summed E-state index contributed by atoms with van der Waals surface area (Å²) < 4.78 is 0. The molecule has 130 valence electrons. The van der Waals surface area contributed by atoms with Crippen LogP contribution in [0.5, 0.6) is 0 Å². The van der Waals surface area contributed by atoms with Crippen molar-refractivity contribution >= 4 is 11.6 Å². The molecule has 0 bridgehead atoms. The first-order valence-corrected chi connectivity index (χ1v) is 9.54. The molecule has 3 fully saturated rings. The van der Waals surface area contributed by atoms with Crippen LogP contribution in [0.15, 0.2) is 24.3 Å². The van der Waals surface area contributed by atoms with Crippen LogP contribution in [0.1, 0.15) is 50.6 Å². The minimum atomic E-state index is 0.0828. The van der Waals surface area contributed by atoms with Gasteiger partial charge in [-0.1, -0.05) is 12.1 Å². The van der Waals surface area contributed by atoms with E-state index < -0.39 is 0 Å². The Balaban J connectivity index is 1.38. The SMILES string of the molecule is CC(NC(=O)C1CC12CCNCC2)c1cccc(N2CCCC2)c1.